The number of hydrogen-bond acceptors (Lipinski definition) is 3. The monoisotopic (exact) mass is 102 g/mol. The van der Waals surface area contributed by atoms with Crippen molar-refractivity contribution in [2.24, 2.45) is 0 Å². The maximum atomic E-state index is 4.04. The van der Waals surface area contributed by atoms with E-state index in [1.54, 1.807) is 0 Å². The normalized spacial score (nSPS) is 6.86. The molecule has 0 radical (unpaired) electrons. The van der Waals surface area contributed by atoms with Gasteiger partial charge in [-0.25, -0.2) is 0 Å². The second kappa shape index (κ2) is 5.04. The van der Waals surface area contributed by atoms with Gasteiger partial charge < -0.3 is 9.78 Å². The van der Waals surface area contributed by atoms with E-state index in [0.29, 0.717) is 0 Å². The summed E-state index contributed by atoms with van der Waals surface area (Å²) in [4.78, 5) is 8.09. The van der Waals surface area contributed by atoms with Crippen LogP contribution < -0.4 is 0 Å². The largest absolute Gasteiger partial charge is 0.308 e. The molecule has 3 heteroatoms. The van der Waals surface area contributed by atoms with Gasteiger partial charge in [-0.3, -0.25) is 0 Å². The second-order valence-electron chi connectivity index (χ2n) is 0.594. The van der Waals surface area contributed by atoms with Crippen molar-refractivity contribution >= 4 is 0 Å². The molecular weight excluding hydrogens is 96.0 g/mol. The SMILES string of the molecule is C=COOOC=C. The molecule has 0 fully saturated rings. The standard InChI is InChI=1S/C4H6O3/c1-3-5-7-6-4-2/h3-4H,1-2H2. The Balaban J connectivity index is 2.68. The van der Waals surface area contributed by atoms with E-state index >= 15 is 0 Å². The molecule has 0 bridgehead atoms. The molecule has 0 aromatic carbocycles. The summed E-state index contributed by atoms with van der Waals surface area (Å²) >= 11 is 0. The van der Waals surface area contributed by atoms with Crippen molar-refractivity contribution in [2.75, 3.05) is 0 Å². The zero-order chi connectivity index (χ0) is 5.54. The maximum absolute atomic E-state index is 4.04. The van der Waals surface area contributed by atoms with Crippen LogP contribution in [0.2, 0.25) is 0 Å². The Morgan fingerprint density at radius 1 is 1.00 bits per heavy atom. The lowest BCUT2D eigenvalue weighted by Crippen LogP contribution is -1.80. The molecule has 0 aliphatic carbocycles. The Bertz CT molecular complexity index is 52.0. The average Bonchev–Trinajstić information content (AvgIpc) is 1.69. The summed E-state index contributed by atoms with van der Waals surface area (Å²) in [6, 6.07) is 0. The van der Waals surface area contributed by atoms with Gasteiger partial charge in [0.2, 0.25) is 0 Å². The molecule has 0 aliphatic rings. The van der Waals surface area contributed by atoms with Crippen molar-refractivity contribution in [3.8, 4) is 0 Å². The third-order valence-electron chi connectivity index (χ3n) is 0.215. The van der Waals surface area contributed by atoms with E-state index in [2.05, 4.69) is 28.0 Å². The molecule has 0 saturated heterocycles. The second-order valence-corrected chi connectivity index (χ2v) is 0.594. The maximum Gasteiger partial charge on any atom is 0.126 e. The molecular formula is C4H6O3. The molecule has 0 aliphatic heterocycles. The lowest BCUT2D eigenvalue weighted by atomic mass is 11.2. The van der Waals surface area contributed by atoms with Crippen molar-refractivity contribution in [1.29, 1.82) is 0 Å². The van der Waals surface area contributed by atoms with Crippen LogP contribution in [0.3, 0.4) is 0 Å². The molecule has 0 unspecified atom stereocenters. The summed E-state index contributed by atoms with van der Waals surface area (Å²) in [5.41, 5.74) is 0. The van der Waals surface area contributed by atoms with Gasteiger partial charge in [0, 0.05) is 5.04 Å². The molecule has 0 saturated carbocycles. The van der Waals surface area contributed by atoms with Crippen LogP contribution in [0.25, 0.3) is 0 Å². The summed E-state index contributed by atoms with van der Waals surface area (Å²) in [7, 11) is 0. The Kier molecular flexibility index (Phi) is 4.35. The van der Waals surface area contributed by atoms with Crippen LogP contribution in [0.5, 0.6) is 0 Å². The summed E-state index contributed by atoms with van der Waals surface area (Å²) in [5, 5.41) is 3.90. The number of rotatable bonds is 4. The van der Waals surface area contributed by atoms with Crippen LogP contribution in [0, 0.1) is 0 Å². The van der Waals surface area contributed by atoms with Gasteiger partial charge in [0.25, 0.3) is 0 Å². The van der Waals surface area contributed by atoms with Gasteiger partial charge in [-0.1, -0.05) is 13.2 Å². The third-order valence-corrected chi connectivity index (χ3v) is 0.215. The highest BCUT2D eigenvalue weighted by atomic mass is 17.5. The molecule has 40 valence electrons. The van der Waals surface area contributed by atoms with Crippen LogP contribution in [0.15, 0.2) is 25.7 Å². The first-order valence-electron chi connectivity index (χ1n) is 1.62. The van der Waals surface area contributed by atoms with E-state index in [9.17, 15) is 0 Å². The van der Waals surface area contributed by atoms with Crippen LogP contribution in [-0.2, 0) is 14.8 Å². The molecule has 0 N–H and O–H groups in total. The fourth-order valence-corrected chi connectivity index (χ4v) is 0.0782. The Morgan fingerprint density at radius 2 is 1.43 bits per heavy atom. The van der Waals surface area contributed by atoms with Crippen molar-refractivity contribution in [3.05, 3.63) is 25.7 Å². The van der Waals surface area contributed by atoms with Crippen molar-refractivity contribution < 1.29 is 14.8 Å². The molecule has 0 amide bonds. The highest BCUT2D eigenvalue weighted by Crippen LogP contribution is 1.78. The molecule has 0 aromatic rings. The molecule has 3 nitrogen and oxygen atoms in total. The molecule has 7 heavy (non-hydrogen) atoms. The van der Waals surface area contributed by atoms with E-state index in [1.807, 2.05) is 0 Å². The topological polar surface area (TPSA) is 27.7 Å². The van der Waals surface area contributed by atoms with Crippen LogP contribution in [0.1, 0.15) is 0 Å². The van der Waals surface area contributed by atoms with E-state index in [0.717, 1.165) is 12.5 Å². The zero-order valence-electron chi connectivity index (χ0n) is 3.79. The Morgan fingerprint density at radius 3 is 1.71 bits per heavy atom. The van der Waals surface area contributed by atoms with E-state index < -0.39 is 0 Å². The van der Waals surface area contributed by atoms with Gasteiger partial charge in [0.15, 0.2) is 0 Å². The lowest BCUT2D eigenvalue weighted by Gasteiger charge is -1.90. The molecule has 0 atom stereocenters. The van der Waals surface area contributed by atoms with Crippen molar-refractivity contribution in [2.45, 2.75) is 0 Å². The van der Waals surface area contributed by atoms with Crippen molar-refractivity contribution in [1.82, 2.24) is 0 Å². The zero-order valence-corrected chi connectivity index (χ0v) is 3.79. The highest BCUT2D eigenvalue weighted by Gasteiger charge is 1.69. The minimum atomic E-state index is 1.09. The first kappa shape index (κ1) is 6.04. The summed E-state index contributed by atoms with van der Waals surface area (Å²) in [6.07, 6.45) is 2.17. The van der Waals surface area contributed by atoms with E-state index in [-0.39, 0.29) is 0 Å². The average molecular weight is 102 g/mol. The number of hydrogen-bond donors (Lipinski definition) is 0. The van der Waals surface area contributed by atoms with Crippen LogP contribution in [0.4, 0.5) is 0 Å². The third kappa shape index (κ3) is 5.04. The van der Waals surface area contributed by atoms with Gasteiger partial charge in [-0.2, -0.15) is 0 Å². The first-order chi connectivity index (χ1) is 3.41. The Hall–Kier alpha value is -0.960. The van der Waals surface area contributed by atoms with Gasteiger partial charge in [0.05, 0.1) is 0 Å². The highest BCUT2D eigenvalue weighted by molar-refractivity contribution is 4.43. The van der Waals surface area contributed by atoms with Crippen LogP contribution >= 0.6 is 0 Å². The molecule has 0 spiro atoms. The smallest absolute Gasteiger partial charge is 0.126 e. The molecule has 0 rings (SSSR count). The van der Waals surface area contributed by atoms with Gasteiger partial charge in [0.1, 0.15) is 12.5 Å². The lowest BCUT2D eigenvalue weighted by molar-refractivity contribution is -0.464. The van der Waals surface area contributed by atoms with Gasteiger partial charge in [-0.15, -0.1) is 0 Å². The first-order valence-corrected chi connectivity index (χ1v) is 1.62. The fraction of sp³-hybridized carbons (Fsp3) is 0. The quantitative estimate of drug-likeness (QED) is 0.230. The summed E-state index contributed by atoms with van der Waals surface area (Å²) < 4.78 is 0. The Labute approximate surface area is 41.7 Å². The van der Waals surface area contributed by atoms with Crippen molar-refractivity contribution in [3.63, 3.8) is 0 Å². The summed E-state index contributed by atoms with van der Waals surface area (Å²) in [5.74, 6) is 0. The fourth-order valence-electron chi connectivity index (χ4n) is 0.0782. The molecule has 0 aromatic heterocycles. The summed E-state index contributed by atoms with van der Waals surface area (Å²) in [6.45, 7) is 6.34. The van der Waals surface area contributed by atoms with E-state index in [4.69, 9.17) is 0 Å². The minimum absolute atomic E-state index is 1.09. The predicted molar refractivity (Wildman–Crippen MR) is 23.6 cm³/mol. The molecule has 0 heterocycles. The van der Waals surface area contributed by atoms with Gasteiger partial charge >= 0.3 is 0 Å². The minimum Gasteiger partial charge on any atom is -0.308 e. The predicted octanol–water partition coefficient (Wildman–Crippen LogP) is 1.15. The van der Waals surface area contributed by atoms with Gasteiger partial charge in [-0.05, 0) is 0 Å². The van der Waals surface area contributed by atoms with Crippen LogP contribution in [-0.4, -0.2) is 0 Å². The van der Waals surface area contributed by atoms with E-state index in [1.165, 1.54) is 0 Å².